The molecule has 0 aliphatic heterocycles. The largest absolute Gasteiger partial charge is 0.506 e. The molecule has 0 bridgehead atoms. The Hall–Kier alpha value is 0.430. The Bertz CT molecular complexity index is 662. The highest BCUT2D eigenvalue weighted by atomic mass is 127. The highest BCUT2D eigenvalue weighted by Gasteiger charge is 2.24. The average Bonchev–Trinajstić information content (AvgIpc) is 2.34. The van der Waals surface area contributed by atoms with Crippen LogP contribution >= 0.6 is 67.8 Å². The first-order chi connectivity index (χ1) is 9.56. The van der Waals surface area contributed by atoms with Crippen LogP contribution in [0.3, 0.4) is 0 Å². The van der Waals surface area contributed by atoms with Gasteiger partial charge in [0.25, 0.3) is 5.91 Å². The lowest BCUT2D eigenvalue weighted by Crippen LogP contribution is -2.41. The average molecular weight is 651 g/mol. The SMILES string of the molecule is CCC(Oc1c(I)cc(I)c(O)c1I)C(=O)NS(C)(=O)=O. The number of nitrogens with one attached hydrogen (secondary N) is 1. The third kappa shape index (κ3) is 5.53. The monoisotopic (exact) mass is 651 g/mol. The van der Waals surface area contributed by atoms with Crippen molar-refractivity contribution in [3.05, 3.63) is 16.8 Å². The molecule has 1 aromatic carbocycles. The van der Waals surface area contributed by atoms with Crippen LogP contribution in [0.15, 0.2) is 6.07 Å². The van der Waals surface area contributed by atoms with Crippen molar-refractivity contribution in [2.45, 2.75) is 19.4 Å². The zero-order valence-electron chi connectivity index (χ0n) is 11.0. The van der Waals surface area contributed by atoms with Gasteiger partial charge in [-0.3, -0.25) is 9.52 Å². The molecule has 0 saturated heterocycles. The third-order valence-electron chi connectivity index (χ3n) is 2.31. The molecule has 1 amide bonds. The van der Waals surface area contributed by atoms with E-state index in [1.807, 2.05) is 72.5 Å². The van der Waals surface area contributed by atoms with E-state index < -0.39 is 22.0 Å². The van der Waals surface area contributed by atoms with Gasteiger partial charge in [-0.05, 0) is 80.3 Å². The number of amides is 1. The van der Waals surface area contributed by atoms with Gasteiger partial charge in [-0.25, -0.2) is 8.42 Å². The first kappa shape index (κ1) is 19.5. The Morgan fingerprint density at radius 3 is 2.43 bits per heavy atom. The summed E-state index contributed by atoms with van der Waals surface area (Å²) in [6.45, 7) is 1.71. The van der Waals surface area contributed by atoms with E-state index in [2.05, 4.69) is 0 Å². The van der Waals surface area contributed by atoms with Crippen LogP contribution in [0.5, 0.6) is 11.5 Å². The lowest BCUT2D eigenvalue weighted by Gasteiger charge is -2.19. The molecule has 1 aromatic rings. The predicted octanol–water partition coefficient (Wildman–Crippen LogP) is 2.44. The van der Waals surface area contributed by atoms with Crippen molar-refractivity contribution in [1.29, 1.82) is 0 Å². The number of rotatable bonds is 5. The number of phenols is 1. The van der Waals surface area contributed by atoms with Gasteiger partial charge in [0.1, 0.15) is 5.75 Å². The molecule has 0 aromatic heterocycles. The molecule has 0 aliphatic rings. The summed E-state index contributed by atoms with van der Waals surface area (Å²) in [5.41, 5.74) is 0. The minimum absolute atomic E-state index is 0.0741. The first-order valence-electron chi connectivity index (χ1n) is 5.61. The normalized spacial score (nSPS) is 12.8. The Balaban J connectivity index is 3.08. The van der Waals surface area contributed by atoms with Crippen molar-refractivity contribution in [3.63, 3.8) is 0 Å². The van der Waals surface area contributed by atoms with E-state index in [0.29, 0.717) is 19.3 Å². The molecule has 2 N–H and O–H groups in total. The van der Waals surface area contributed by atoms with Crippen molar-refractivity contribution in [1.82, 2.24) is 4.72 Å². The summed E-state index contributed by atoms with van der Waals surface area (Å²) in [7, 11) is -3.64. The minimum Gasteiger partial charge on any atom is -0.506 e. The molecule has 0 aliphatic carbocycles. The molecule has 6 nitrogen and oxygen atoms in total. The third-order valence-corrected chi connectivity index (χ3v) is 5.51. The van der Waals surface area contributed by atoms with Crippen LogP contribution in [-0.2, 0) is 14.8 Å². The Morgan fingerprint density at radius 2 is 1.95 bits per heavy atom. The Labute approximate surface area is 163 Å². The van der Waals surface area contributed by atoms with Crippen molar-refractivity contribution >= 4 is 83.7 Å². The number of ether oxygens (including phenoxy) is 1. The molecule has 10 heteroatoms. The highest BCUT2D eigenvalue weighted by Crippen LogP contribution is 2.38. The maximum absolute atomic E-state index is 11.9. The van der Waals surface area contributed by atoms with Gasteiger partial charge in [0.15, 0.2) is 11.9 Å². The molecule has 0 radical (unpaired) electrons. The second-order valence-electron chi connectivity index (χ2n) is 4.09. The Kier molecular flexibility index (Phi) is 7.24. The van der Waals surface area contributed by atoms with E-state index in [9.17, 15) is 18.3 Å². The van der Waals surface area contributed by atoms with Gasteiger partial charge in [-0.15, -0.1) is 0 Å². The number of carbonyl (C=O) groups is 1. The maximum Gasteiger partial charge on any atom is 0.274 e. The van der Waals surface area contributed by atoms with Crippen LogP contribution in [0.4, 0.5) is 0 Å². The predicted molar refractivity (Wildman–Crippen MR) is 104 cm³/mol. The summed E-state index contributed by atoms with van der Waals surface area (Å²) >= 11 is 5.95. The van der Waals surface area contributed by atoms with Gasteiger partial charge in [-0.2, -0.15) is 0 Å². The van der Waals surface area contributed by atoms with E-state index in [0.717, 1.165) is 9.83 Å². The summed E-state index contributed by atoms with van der Waals surface area (Å²) in [6, 6.07) is 1.72. The van der Waals surface area contributed by atoms with Gasteiger partial charge in [0.2, 0.25) is 10.0 Å². The van der Waals surface area contributed by atoms with E-state index >= 15 is 0 Å². The van der Waals surface area contributed by atoms with Gasteiger partial charge < -0.3 is 9.84 Å². The standard InChI is InChI=1S/C11H12I3NO5S/c1-3-7(11(17)15-21(2,18)19)20-10-6(13)4-5(12)9(16)8(10)14/h4,7,16H,3H2,1-2H3,(H,15,17). The second kappa shape index (κ2) is 7.81. The van der Waals surface area contributed by atoms with Crippen LogP contribution in [0.25, 0.3) is 0 Å². The number of hydrogen-bond acceptors (Lipinski definition) is 5. The molecular formula is C11H12I3NO5S. The van der Waals surface area contributed by atoms with Crippen LogP contribution < -0.4 is 9.46 Å². The molecule has 0 fully saturated rings. The fourth-order valence-electron chi connectivity index (χ4n) is 1.38. The molecule has 1 rings (SSSR count). The molecule has 0 saturated carbocycles. The van der Waals surface area contributed by atoms with E-state index in [4.69, 9.17) is 4.74 Å². The van der Waals surface area contributed by atoms with Gasteiger partial charge in [0.05, 0.1) is 17.0 Å². The summed E-state index contributed by atoms with van der Waals surface area (Å²) in [4.78, 5) is 11.9. The number of aromatic hydroxyl groups is 1. The fourth-order valence-corrected chi connectivity index (χ4v) is 5.51. The minimum atomic E-state index is -3.64. The molecule has 0 heterocycles. The van der Waals surface area contributed by atoms with Crippen LogP contribution in [-0.4, -0.2) is 31.8 Å². The summed E-state index contributed by atoms with van der Waals surface area (Å²) in [5.74, 6) is -0.292. The van der Waals surface area contributed by atoms with Crippen LogP contribution in [0.1, 0.15) is 13.3 Å². The molecular weight excluding hydrogens is 639 g/mol. The number of halogens is 3. The lowest BCUT2D eigenvalue weighted by molar-refractivity contribution is -0.126. The highest BCUT2D eigenvalue weighted by molar-refractivity contribution is 14.1. The number of hydrogen-bond donors (Lipinski definition) is 2. The maximum atomic E-state index is 11.9. The van der Waals surface area contributed by atoms with E-state index in [1.54, 1.807) is 13.0 Å². The van der Waals surface area contributed by atoms with E-state index in [-0.39, 0.29) is 5.75 Å². The number of carbonyl (C=O) groups excluding carboxylic acids is 1. The topological polar surface area (TPSA) is 92.7 Å². The quantitative estimate of drug-likeness (QED) is 0.478. The van der Waals surface area contributed by atoms with Crippen molar-refractivity contribution in [3.8, 4) is 11.5 Å². The zero-order chi connectivity index (χ0) is 16.4. The van der Waals surface area contributed by atoms with Crippen molar-refractivity contribution < 1.29 is 23.1 Å². The molecule has 21 heavy (non-hydrogen) atoms. The molecule has 118 valence electrons. The van der Waals surface area contributed by atoms with Crippen LogP contribution in [0.2, 0.25) is 0 Å². The summed E-state index contributed by atoms with van der Waals surface area (Å²) in [6.07, 6.45) is 0.239. The van der Waals surface area contributed by atoms with Gasteiger partial charge in [0, 0.05) is 0 Å². The Morgan fingerprint density at radius 1 is 1.38 bits per heavy atom. The van der Waals surface area contributed by atoms with Crippen LogP contribution in [0, 0.1) is 10.7 Å². The smallest absolute Gasteiger partial charge is 0.274 e. The van der Waals surface area contributed by atoms with Crippen molar-refractivity contribution in [2.75, 3.05) is 6.26 Å². The lowest BCUT2D eigenvalue weighted by atomic mass is 10.2. The van der Waals surface area contributed by atoms with Crippen molar-refractivity contribution in [2.24, 2.45) is 0 Å². The van der Waals surface area contributed by atoms with Gasteiger partial charge >= 0.3 is 0 Å². The van der Waals surface area contributed by atoms with E-state index in [1.165, 1.54) is 0 Å². The number of phenolic OH excluding ortho intramolecular Hbond substituents is 1. The fraction of sp³-hybridized carbons (Fsp3) is 0.364. The second-order valence-corrected chi connectivity index (χ2v) is 9.24. The first-order valence-corrected chi connectivity index (χ1v) is 10.7. The molecule has 1 unspecified atom stereocenters. The number of sulfonamides is 1. The zero-order valence-corrected chi connectivity index (χ0v) is 18.3. The summed E-state index contributed by atoms with van der Waals surface area (Å²) < 4.78 is 31.6. The molecule has 0 spiro atoms. The summed E-state index contributed by atoms with van der Waals surface area (Å²) in [5, 5.41) is 9.93. The van der Waals surface area contributed by atoms with Gasteiger partial charge in [-0.1, -0.05) is 6.92 Å². The molecule has 1 atom stereocenters. The number of benzene rings is 1.